The maximum atomic E-state index is 12.6. The van der Waals surface area contributed by atoms with Gasteiger partial charge in [0.2, 0.25) is 0 Å². The van der Waals surface area contributed by atoms with E-state index in [-0.39, 0.29) is 6.04 Å². The highest BCUT2D eigenvalue weighted by Gasteiger charge is 2.28. The molecule has 3 aromatic heterocycles. The third-order valence-corrected chi connectivity index (χ3v) is 4.71. The lowest BCUT2D eigenvalue weighted by molar-refractivity contribution is 0.0415. The Kier molecular flexibility index (Phi) is 4.32. The molecule has 130 valence electrons. The maximum Gasteiger partial charge on any atom is 0.348 e. The number of alkyl halides is 2. The molecule has 1 fully saturated rings. The van der Waals surface area contributed by atoms with Crippen molar-refractivity contribution in [3.8, 4) is 11.3 Å². The van der Waals surface area contributed by atoms with Gasteiger partial charge in [-0.15, -0.1) is 9.90 Å². The number of nitrogens with zero attached hydrogens (tertiary/aromatic N) is 6. The molecule has 0 aliphatic heterocycles. The zero-order chi connectivity index (χ0) is 17.4. The summed E-state index contributed by atoms with van der Waals surface area (Å²) in [6.07, 6.45) is 9.94. The van der Waals surface area contributed by atoms with Gasteiger partial charge in [-0.3, -0.25) is 9.67 Å². The Labute approximate surface area is 151 Å². The number of hydrogen-bond acceptors (Lipinski definition) is 4. The molecule has 1 unspecified atom stereocenters. The molecule has 0 N–H and O–H groups in total. The standard InChI is InChI=1S/C16H15BrF2N6/c17-12-3-4-13(20-7-12)15(5-10-1-2-10)24-9-11(6-21-24)14-8-22-25(23-14)16(18)19/h3-4,6-10,15-16H,1-2,5H2. The van der Waals surface area contributed by atoms with E-state index in [1.54, 1.807) is 12.4 Å². The lowest BCUT2D eigenvalue weighted by Crippen LogP contribution is -2.13. The van der Waals surface area contributed by atoms with Crippen LogP contribution in [0.3, 0.4) is 0 Å². The zero-order valence-electron chi connectivity index (χ0n) is 13.1. The molecule has 1 aliphatic carbocycles. The molecule has 0 bridgehead atoms. The molecule has 25 heavy (non-hydrogen) atoms. The van der Waals surface area contributed by atoms with Crippen LogP contribution in [0.15, 0.2) is 41.4 Å². The molecule has 0 aromatic carbocycles. The van der Waals surface area contributed by atoms with E-state index in [4.69, 9.17) is 0 Å². The molecular formula is C16H15BrF2N6. The fourth-order valence-corrected chi connectivity index (χ4v) is 3.00. The summed E-state index contributed by atoms with van der Waals surface area (Å²) in [5.41, 5.74) is 1.96. The predicted molar refractivity (Wildman–Crippen MR) is 89.9 cm³/mol. The molecule has 4 rings (SSSR count). The Morgan fingerprint density at radius 1 is 1.16 bits per heavy atom. The lowest BCUT2D eigenvalue weighted by atomic mass is 10.1. The van der Waals surface area contributed by atoms with Crippen LogP contribution in [-0.4, -0.2) is 29.8 Å². The summed E-state index contributed by atoms with van der Waals surface area (Å²) < 4.78 is 28.0. The normalized spacial score (nSPS) is 15.7. The second-order valence-electron chi connectivity index (χ2n) is 6.13. The van der Waals surface area contributed by atoms with Crippen molar-refractivity contribution < 1.29 is 8.78 Å². The lowest BCUT2D eigenvalue weighted by Gasteiger charge is -2.17. The minimum atomic E-state index is -2.75. The summed E-state index contributed by atoms with van der Waals surface area (Å²) in [6, 6.07) is 3.95. The van der Waals surface area contributed by atoms with Crippen LogP contribution >= 0.6 is 15.9 Å². The fourth-order valence-electron chi connectivity index (χ4n) is 2.76. The maximum absolute atomic E-state index is 12.6. The van der Waals surface area contributed by atoms with Crippen molar-refractivity contribution in [2.24, 2.45) is 5.92 Å². The van der Waals surface area contributed by atoms with Gasteiger partial charge in [0.15, 0.2) is 0 Å². The Balaban J connectivity index is 1.63. The molecule has 1 saturated carbocycles. The third-order valence-electron chi connectivity index (χ3n) is 4.24. The van der Waals surface area contributed by atoms with Crippen molar-refractivity contribution in [2.45, 2.75) is 31.9 Å². The molecule has 0 spiro atoms. The van der Waals surface area contributed by atoms with Gasteiger partial charge in [-0.2, -0.15) is 19.0 Å². The molecule has 3 aromatic rings. The van der Waals surface area contributed by atoms with Crippen LogP contribution in [0.25, 0.3) is 11.3 Å². The first-order valence-electron chi connectivity index (χ1n) is 7.96. The average Bonchev–Trinajstić information content (AvgIpc) is 3.10. The van der Waals surface area contributed by atoms with E-state index in [0.717, 1.165) is 16.6 Å². The first kappa shape index (κ1) is 16.3. The molecule has 1 atom stereocenters. The number of hydrogen-bond donors (Lipinski definition) is 0. The van der Waals surface area contributed by atoms with Crippen LogP contribution in [0.2, 0.25) is 0 Å². The fraction of sp³-hybridized carbons (Fsp3) is 0.375. The number of halogens is 3. The Morgan fingerprint density at radius 2 is 2.00 bits per heavy atom. The number of pyridine rings is 1. The highest BCUT2D eigenvalue weighted by Crippen LogP contribution is 2.39. The van der Waals surface area contributed by atoms with E-state index >= 15 is 0 Å². The quantitative estimate of drug-likeness (QED) is 0.616. The number of rotatable bonds is 6. The van der Waals surface area contributed by atoms with E-state index in [0.29, 0.717) is 22.0 Å². The summed E-state index contributed by atoms with van der Waals surface area (Å²) in [4.78, 5) is 4.90. The van der Waals surface area contributed by atoms with Crippen LogP contribution in [0.1, 0.15) is 37.5 Å². The van der Waals surface area contributed by atoms with Crippen LogP contribution in [0, 0.1) is 5.92 Å². The summed E-state index contributed by atoms with van der Waals surface area (Å²) in [5, 5.41) is 11.8. The SMILES string of the molecule is FC(F)n1ncc(-c2cnn(C(CC3CC3)c3ccc(Br)cn3)c2)n1. The van der Waals surface area contributed by atoms with Crippen molar-refractivity contribution in [3.05, 3.63) is 47.1 Å². The molecule has 9 heteroatoms. The van der Waals surface area contributed by atoms with Crippen molar-refractivity contribution in [1.82, 2.24) is 29.8 Å². The van der Waals surface area contributed by atoms with E-state index in [1.807, 2.05) is 23.0 Å². The van der Waals surface area contributed by atoms with Gasteiger partial charge in [-0.25, -0.2) is 0 Å². The predicted octanol–water partition coefficient (Wildman–Crippen LogP) is 4.08. The van der Waals surface area contributed by atoms with Gasteiger partial charge >= 0.3 is 6.55 Å². The van der Waals surface area contributed by atoms with Gasteiger partial charge in [0.1, 0.15) is 5.69 Å². The average molecular weight is 409 g/mol. The molecule has 1 aliphatic rings. The van der Waals surface area contributed by atoms with Crippen molar-refractivity contribution in [3.63, 3.8) is 0 Å². The monoisotopic (exact) mass is 408 g/mol. The van der Waals surface area contributed by atoms with Crippen LogP contribution < -0.4 is 0 Å². The molecule has 6 nitrogen and oxygen atoms in total. The topological polar surface area (TPSA) is 61.4 Å². The van der Waals surface area contributed by atoms with Gasteiger partial charge in [0.25, 0.3) is 0 Å². The van der Waals surface area contributed by atoms with Crippen molar-refractivity contribution in [2.75, 3.05) is 0 Å². The molecular weight excluding hydrogens is 394 g/mol. The van der Waals surface area contributed by atoms with E-state index in [1.165, 1.54) is 19.0 Å². The van der Waals surface area contributed by atoms with E-state index in [9.17, 15) is 8.78 Å². The molecule has 3 heterocycles. The van der Waals surface area contributed by atoms with Gasteiger partial charge in [-0.1, -0.05) is 12.8 Å². The van der Waals surface area contributed by atoms with E-state index < -0.39 is 6.55 Å². The minimum Gasteiger partial charge on any atom is -0.263 e. The first-order chi connectivity index (χ1) is 12.1. The molecule has 0 saturated heterocycles. The van der Waals surface area contributed by atoms with Crippen molar-refractivity contribution in [1.29, 1.82) is 0 Å². The van der Waals surface area contributed by atoms with Gasteiger partial charge in [0, 0.05) is 22.4 Å². The Morgan fingerprint density at radius 3 is 2.64 bits per heavy atom. The summed E-state index contributed by atoms with van der Waals surface area (Å²) in [7, 11) is 0. The molecule has 0 radical (unpaired) electrons. The second-order valence-corrected chi connectivity index (χ2v) is 7.05. The van der Waals surface area contributed by atoms with Gasteiger partial charge in [0.05, 0.1) is 24.1 Å². The first-order valence-corrected chi connectivity index (χ1v) is 8.75. The zero-order valence-corrected chi connectivity index (χ0v) is 14.7. The smallest absolute Gasteiger partial charge is 0.263 e. The highest BCUT2D eigenvalue weighted by atomic mass is 79.9. The van der Waals surface area contributed by atoms with Gasteiger partial charge in [-0.05, 0) is 40.4 Å². The Bertz CT molecular complexity index is 856. The second kappa shape index (κ2) is 6.62. The Hall–Kier alpha value is -2.16. The third kappa shape index (κ3) is 3.60. The highest BCUT2D eigenvalue weighted by molar-refractivity contribution is 9.10. The summed E-state index contributed by atoms with van der Waals surface area (Å²) in [5.74, 6) is 0.683. The van der Waals surface area contributed by atoms with Crippen LogP contribution in [-0.2, 0) is 0 Å². The largest absolute Gasteiger partial charge is 0.348 e. The van der Waals surface area contributed by atoms with E-state index in [2.05, 4.69) is 36.2 Å². The molecule has 0 amide bonds. The number of aromatic nitrogens is 6. The van der Waals surface area contributed by atoms with Crippen LogP contribution in [0.5, 0.6) is 0 Å². The summed E-state index contributed by atoms with van der Waals surface area (Å²) >= 11 is 3.40. The van der Waals surface area contributed by atoms with Crippen LogP contribution in [0.4, 0.5) is 8.78 Å². The van der Waals surface area contributed by atoms with Crippen molar-refractivity contribution >= 4 is 15.9 Å². The minimum absolute atomic E-state index is 0.0134. The summed E-state index contributed by atoms with van der Waals surface area (Å²) in [6.45, 7) is -2.75. The van der Waals surface area contributed by atoms with Gasteiger partial charge < -0.3 is 0 Å².